The van der Waals surface area contributed by atoms with Crippen LogP contribution in [-0.4, -0.2) is 84.4 Å². The highest BCUT2D eigenvalue weighted by molar-refractivity contribution is 7.59. The molecule has 0 aromatic rings. The molecule has 0 unspecified atom stereocenters. The van der Waals surface area contributed by atoms with Crippen LogP contribution < -0.4 is 10.6 Å². The molecule has 0 aromatic carbocycles. The van der Waals surface area contributed by atoms with Crippen LogP contribution in [0.2, 0.25) is 0 Å². The SMILES string of the molecule is C.C.COC(=O)CCC[C@@H](CO)NC(=O)OC(C)(C)C.COC(=O)CCC[C@H](NC(=O)OC(C)(C)C)C(=O)O.S.S. The van der Waals surface area contributed by atoms with Gasteiger partial charge in [0.2, 0.25) is 0 Å². The minimum absolute atomic E-state index is 0. The lowest BCUT2D eigenvalue weighted by atomic mass is 10.1. The zero-order valence-electron chi connectivity index (χ0n) is 24.2. The first-order valence-corrected chi connectivity index (χ1v) is 11.9. The molecule has 0 saturated carbocycles. The van der Waals surface area contributed by atoms with Crippen molar-refractivity contribution in [3.05, 3.63) is 0 Å². The van der Waals surface area contributed by atoms with Gasteiger partial charge in [0.05, 0.1) is 26.9 Å². The Hall–Kier alpha value is -2.39. The number of hydrogen-bond acceptors (Lipinski definition) is 10. The van der Waals surface area contributed by atoms with E-state index < -0.39 is 47.4 Å². The number of carbonyl (C=O) groups is 5. The smallest absolute Gasteiger partial charge is 0.408 e. The Morgan fingerprint density at radius 3 is 1.39 bits per heavy atom. The van der Waals surface area contributed by atoms with Gasteiger partial charge in [-0.15, -0.1) is 0 Å². The van der Waals surface area contributed by atoms with Gasteiger partial charge in [-0.2, -0.15) is 27.0 Å². The third kappa shape index (κ3) is 33.7. The first-order valence-electron chi connectivity index (χ1n) is 11.9. The average molecular weight is 637 g/mol. The molecule has 0 aliphatic rings. The van der Waals surface area contributed by atoms with Crippen LogP contribution in [0.25, 0.3) is 0 Å². The number of carboxylic acids is 1. The highest BCUT2D eigenvalue weighted by atomic mass is 32.1. The Bertz CT molecular complexity index is 740. The average Bonchev–Trinajstić information content (AvgIpc) is 2.75. The molecule has 0 radical (unpaired) electrons. The second kappa shape index (κ2) is 26.5. The fourth-order valence-electron chi connectivity index (χ4n) is 2.54. The van der Waals surface area contributed by atoms with Crippen LogP contribution in [0.1, 0.15) is 94.9 Å². The molecule has 0 aliphatic carbocycles. The van der Waals surface area contributed by atoms with Gasteiger partial charge in [0.1, 0.15) is 17.2 Å². The van der Waals surface area contributed by atoms with E-state index in [1.165, 1.54) is 14.2 Å². The number of rotatable bonds is 12. The molecule has 0 rings (SSSR count). The van der Waals surface area contributed by atoms with Crippen LogP contribution in [0.15, 0.2) is 0 Å². The Labute approximate surface area is 259 Å². The van der Waals surface area contributed by atoms with E-state index in [-0.39, 0.29) is 73.7 Å². The van der Waals surface area contributed by atoms with Gasteiger partial charge in [-0.05, 0) is 67.2 Å². The summed E-state index contributed by atoms with van der Waals surface area (Å²) in [6, 6.07) is -1.50. The van der Waals surface area contributed by atoms with Gasteiger partial charge >= 0.3 is 30.1 Å². The monoisotopic (exact) mass is 636 g/mol. The molecular weight excluding hydrogens is 580 g/mol. The van der Waals surface area contributed by atoms with E-state index in [2.05, 4.69) is 20.1 Å². The van der Waals surface area contributed by atoms with Crippen LogP contribution in [0.5, 0.6) is 0 Å². The number of aliphatic carboxylic acids is 1. The molecule has 2 amide bonds. The molecular formula is C26H56N2O11S2. The topological polar surface area (TPSA) is 187 Å². The van der Waals surface area contributed by atoms with Crippen LogP contribution in [-0.2, 0) is 33.3 Å². The number of nitrogens with one attached hydrogen (secondary N) is 2. The summed E-state index contributed by atoms with van der Waals surface area (Å²) < 4.78 is 19.0. The lowest BCUT2D eigenvalue weighted by Gasteiger charge is -2.22. The quantitative estimate of drug-likeness (QED) is 0.179. The molecule has 13 nitrogen and oxygen atoms in total. The molecule has 0 aliphatic heterocycles. The van der Waals surface area contributed by atoms with Crippen molar-refractivity contribution < 1.29 is 53.1 Å². The molecule has 248 valence electrons. The fraction of sp³-hybridized carbons (Fsp3) is 0.808. The van der Waals surface area contributed by atoms with Gasteiger partial charge in [0, 0.05) is 12.8 Å². The van der Waals surface area contributed by atoms with Gasteiger partial charge in [-0.25, -0.2) is 14.4 Å². The number of carbonyl (C=O) groups excluding carboxylic acids is 4. The van der Waals surface area contributed by atoms with E-state index in [1.807, 2.05) is 0 Å². The van der Waals surface area contributed by atoms with Crippen molar-refractivity contribution in [2.24, 2.45) is 0 Å². The maximum atomic E-state index is 11.4. The number of aliphatic hydroxyl groups excluding tert-OH is 1. The highest BCUT2D eigenvalue weighted by Gasteiger charge is 2.24. The summed E-state index contributed by atoms with van der Waals surface area (Å²) in [5.74, 6) is -1.89. The summed E-state index contributed by atoms with van der Waals surface area (Å²) in [5.41, 5.74) is -1.27. The number of aliphatic hydroxyl groups is 1. The van der Waals surface area contributed by atoms with Gasteiger partial charge in [-0.3, -0.25) is 9.59 Å². The zero-order valence-corrected chi connectivity index (χ0v) is 26.2. The fourth-order valence-corrected chi connectivity index (χ4v) is 2.54. The second-order valence-electron chi connectivity index (χ2n) is 10.00. The summed E-state index contributed by atoms with van der Waals surface area (Å²) in [4.78, 5) is 55.6. The number of ether oxygens (including phenoxy) is 4. The summed E-state index contributed by atoms with van der Waals surface area (Å²) in [6.07, 6.45) is 0.471. The summed E-state index contributed by atoms with van der Waals surface area (Å²) in [7, 11) is 2.58. The largest absolute Gasteiger partial charge is 0.480 e. The normalized spacial score (nSPS) is 11.3. The summed E-state index contributed by atoms with van der Waals surface area (Å²) >= 11 is 0. The predicted molar refractivity (Wildman–Crippen MR) is 167 cm³/mol. The lowest BCUT2D eigenvalue weighted by Crippen LogP contribution is -2.43. The molecule has 0 saturated heterocycles. The van der Waals surface area contributed by atoms with Gasteiger partial charge in [-0.1, -0.05) is 14.9 Å². The first-order chi connectivity index (χ1) is 16.9. The van der Waals surface area contributed by atoms with E-state index in [0.29, 0.717) is 19.3 Å². The van der Waals surface area contributed by atoms with Crippen molar-refractivity contribution in [2.75, 3.05) is 20.8 Å². The van der Waals surface area contributed by atoms with E-state index in [1.54, 1.807) is 41.5 Å². The molecule has 0 spiro atoms. The molecule has 0 bridgehead atoms. The van der Waals surface area contributed by atoms with Crippen LogP contribution >= 0.6 is 27.0 Å². The van der Waals surface area contributed by atoms with Crippen molar-refractivity contribution >= 4 is 57.1 Å². The maximum Gasteiger partial charge on any atom is 0.408 e. The standard InChI is InChI=1S/C12H21NO6.C12H23NO5.2CH4.2H2S/c1-12(2,3)19-11(17)13-8(10(15)16)6-5-7-9(14)18-4;1-12(2,3)18-11(16)13-9(8-14)6-5-7-10(15)17-4;;;;/h8H,5-7H2,1-4H3,(H,13,17)(H,15,16);9,14H,5-8H2,1-4H3,(H,13,16);2*1H4;2*1H2/t8-;9-;;;;/m00..../s1. The van der Waals surface area contributed by atoms with Crippen LogP contribution in [0.4, 0.5) is 9.59 Å². The van der Waals surface area contributed by atoms with Gasteiger partial charge in [0.15, 0.2) is 0 Å². The van der Waals surface area contributed by atoms with Crippen molar-refractivity contribution in [3.63, 3.8) is 0 Å². The molecule has 0 fully saturated rings. The lowest BCUT2D eigenvalue weighted by molar-refractivity contribution is -0.142. The zero-order chi connectivity index (χ0) is 29.2. The minimum atomic E-state index is -1.17. The highest BCUT2D eigenvalue weighted by Crippen LogP contribution is 2.09. The maximum absolute atomic E-state index is 11.4. The summed E-state index contributed by atoms with van der Waals surface area (Å²) in [5, 5.41) is 22.9. The second-order valence-corrected chi connectivity index (χ2v) is 10.00. The predicted octanol–water partition coefficient (Wildman–Crippen LogP) is 4.02. The third-order valence-electron chi connectivity index (χ3n) is 4.19. The molecule has 41 heavy (non-hydrogen) atoms. The van der Waals surface area contributed by atoms with Crippen molar-refractivity contribution in [2.45, 2.75) is 118 Å². The number of alkyl carbamates (subject to hydrolysis) is 2. The minimum Gasteiger partial charge on any atom is -0.480 e. The number of carboxylic acid groups (broad SMARTS) is 1. The number of amides is 2. The molecule has 0 aromatic heterocycles. The van der Waals surface area contributed by atoms with E-state index in [0.717, 1.165) is 0 Å². The molecule has 4 N–H and O–H groups in total. The van der Waals surface area contributed by atoms with Crippen LogP contribution in [0, 0.1) is 0 Å². The molecule has 0 heterocycles. The van der Waals surface area contributed by atoms with Crippen molar-refractivity contribution in [1.29, 1.82) is 0 Å². The number of methoxy groups -OCH3 is 2. The Balaban J connectivity index is -0.000000136. The van der Waals surface area contributed by atoms with Crippen molar-refractivity contribution in [1.82, 2.24) is 10.6 Å². The Kier molecular flexibility index (Phi) is 33.2. The third-order valence-corrected chi connectivity index (χ3v) is 4.19. The van der Waals surface area contributed by atoms with Gasteiger partial charge < -0.3 is 39.8 Å². The van der Waals surface area contributed by atoms with E-state index in [4.69, 9.17) is 19.7 Å². The summed E-state index contributed by atoms with van der Waals surface area (Å²) in [6.45, 7) is 10.1. The van der Waals surface area contributed by atoms with E-state index >= 15 is 0 Å². The number of esters is 2. The first kappa shape index (κ1) is 51.4. The molecule has 15 heteroatoms. The molecule has 2 atom stereocenters. The van der Waals surface area contributed by atoms with Crippen molar-refractivity contribution in [3.8, 4) is 0 Å². The number of hydrogen-bond donors (Lipinski definition) is 4. The van der Waals surface area contributed by atoms with Crippen LogP contribution in [0.3, 0.4) is 0 Å². The van der Waals surface area contributed by atoms with Gasteiger partial charge in [0.25, 0.3) is 0 Å². The Morgan fingerprint density at radius 1 is 0.707 bits per heavy atom. The van der Waals surface area contributed by atoms with E-state index in [9.17, 15) is 24.0 Å². The Morgan fingerprint density at radius 2 is 1.07 bits per heavy atom.